The van der Waals surface area contributed by atoms with Gasteiger partial charge in [-0.3, -0.25) is 9.59 Å². The average Bonchev–Trinajstić information content (AvgIpc) is 2.78. The van der Waals surface area contributed by atoms with Crippen LogP contribution in [0.25, 0.3) is 11.1 Å². The summed E-state index contributed by atoms with van der Waals surface area (Å²) in [5.41, 5.74) is 10.2. The van der Waals surface area contributed by atoms with Crippen molar-refractivity contribution in [3.8, 4) is 11.1 Å². The Balaban J connectivity index is 1.62. The van der Waals surface area contributed by atoms with E-state index in [1.54, 1.807) is 24.2 Å². The van der Waals surface area contributed by atoms with E-state index in [-0.39, 0.29) is 11.7 Å². The monoisotopic (exact) mass is 401 g/mol. The van der Waals surface area contributed by atoms with Crippen molar-refractivity contribution < 1.29 is 9.59 Å². The van der Waals surface area contributed by atoms with Gasteiger partial charge < -0.3 is 10.6 Å². The predicted octanol–water partition coefficient (Wildman–Crippen LogP) is 4.91. The smallest absolute Gasteiger partial charge is 0.226 e. The largest absolute Gasteiger partial charge is 0.384 e. The highest BCUT2D eigenvalue weighted by Crippen LogP contribution is 2.24. The molecule has 3 aromatic rings. The van der Waals surface area contributed by atoms with Crippen LogP contribution < -0.4 is 10.6 Å². The highest BCUT2D eigenvalue weighted by Gasteiger charge is 2.10. The Morgan fingerprint density at radius 2 is 1.53 bits per heavy atom. The zero-order valence-corrected chi connectivity index (χ0v) is 17.5. The van der Waals surface area contributed by atoms with Gasteiger partial charge in [0.15, 0.2) is 5.78 Å². The number of hydrogen-bond donors (Lipinski definition) is 1. The first-order chi connectivity index (χ1) is 14.5. The molecule has 1 aromatic heterocycles. The van der Waals surface area contributed by atoms with Crippen LogP contribution in [-0.2, 0) is 11.2 Å². The van der Waals surface area contributed by atoms with Crippen LogP contribution in [-0.4, -0.2) is 23.7 Å². The maximum atomic E-state index is 12.5. The molecule has 5 heteroatoms. The number of nitrogens with two attached hydrogens (primary N) is 1. The standard InChI is InChI=1S/C25H27N3O2/c1-3-4-25(30)28(2)22-13-11-20(12-14-22)19-7-9-21(10-8-19)23(29)15-5-18-6-16-24(26)27-17-18/h6-14,16-17H,3-5,15H2,1-2H3,(H2,26,27). The lowest BCUT2D eigenvalue weighted by atomic mass is 9.99. The van der Waals surface area contributed by atoms with Gasteiger partial charge in [0.2, 0.25) is 5.91 Å². The molecule has 30 heavy (non-hydrogen) atoms. The van der Waals surface area contributed by atoms with E-state index in [2.05, 4.69) is 4.98 Å². The van der Waals surface area contributed by atoms with E-state index in [9.17, 15) is 9.59 Å². The van der Waals surface area contributed by atoms with Crippen molar-refractivity contribution in [3.05, 3.63) is 78.0 Å². The number of carbonyl (C=O) groups excluding carboxylic acids is 2. The number of rotatable bonds is 8. The molecule has 0 spiro atoms. The number of amides is 1. The molecule has 0 atom stereocenters. The Morgan fingerprint density at radius 1 is 0.900 bits per heavy atom. The van der Waals surface area contributed by atoms with Crippen LogP contribution in [0.15, 0.2) is 66.9 Å². The summed E-state index contributed by atoms with van der Waals surface area (Å²) in [6.45, 7) is 2.00. The van der Waals surface area contributed by atoms with E-state index in [1.165, 1.54) is 0 Å². The van der Waals surface area contributed by atoms with Crippen LogP contribution in [0.1, 0.15) is 42.1 Å². The molecule has 3 rings (SSSR count). The Labute approximate surface area is 177 Å². The lowest BCUT2D eigenvalue weighted by molar-refractivity contribution is -0.118. The number of benzene rings is 2. The summed E-state index contributed by atoms with van der Waals surface area (Å²) in [6, 6.07) is 19.2. The van der Waals surface area contributed by atoms with Crippen molar-refractivity contribution in [2.75, 3.05) is 17.7 Å². The highest BCUT2D eigenvalue weighted by molar-refractivity contribution is 5.96. The van der Waals surface area contributed by atoms with Crippen LogP contribution in [0, 0.1) is 0 Å². The van der Waals surface area contributed by atoms with E-state index in [0.717, 1.165) is 28.8 Å². The van der Waals surface area contributed by atoms with Gasteiger partial charge in [0.25, 0.3) is 0 Å². The summed E-state index contributed by atoms with van der Waals surface area (Å²) in [4.78, 5) is 30.3. The van der Waals surface area contributed by atoms with Gasteiger partial charge in [-0.25, -0.2) is 4.98 Å². The van der Waals surface area contributed by atoms with Gasteiger partial charge in [-0.1, -0.05) is 49.4 Å². The first kappa shape index (κ1) is 21.2. The molecule has 0 bridgehead atoms. The third-order valence-corrected chi connectivity index (χ3v) is 5.12. The SMILES string of the molecule is CCCC(=O)N(C)c1ccc(-c2ccc(C(=O)CCc3ccc(N)nc3)cc2)cc1. The molecule has 0 unspecified atom stereocenters. The first-order valence-corrected chi connectivity index (χ1v) is 10.2. The molecular weight excluding hydrogens is 374 g/mol. The molecule has 2 aromatic carbocycles. The third kappa shape index (κ3) is 5.32. The van der Waals surface area contributed by atoms with Gasteiger partial charge >= 0.3 is 0 Å². The minimum Gasteiger partial charge on any atom is -0.384 e. The Kier molecular flexibility index (Phi) is 6.96. The van der Waals surface area contributed by atoms with E-state index >= 15 is 0 Å². The number of nitrogen functional groups attached to an aromatic ring is 1. The number of anilines is 2. The van der Waals surface area contributed by atoms with Crippen LogP contribution >= 0.6 is 0 Å². The number of Topliss-reactive ketones (excluding diaryl/α,β-unsaturated/α-hetero) is 1. The van der Waals surface area contributed by atoms with Crippen molar-refractivity contribution in [1.82, 2.24) is 4.98 Å². The zero-order chi connectivity index (χ0) is 21.5. The fourth-order valence-electron chi connectivity index (χ4n) is 3.24. The summed E-state index contributed by atoms with van der Waals surface area (Å²) >= 11 is 0. The minimum atomic E-state index is 0.102. The number of nitrogens with zero attached hydrogens (tertiary/aromatic N) is 2. The van der Waals surface area contributed by atoms with Gasteiger partial charge in [-0.2, -0.15) is 0 Å². The number of aryl methyl sites for hydroxylation is 1. The number of ketones is 1. The molecule has 0 aliphatic heterocycles. The molecule has 1 heterocycles. The normalized spacial score (nSPS) is 10.6. The number of hydrogen-bond acceptors (Lipinski definition) is 4. The van der Waals surface area contributed by atoms with Crippen molar-refractivity contribution in [2.45, 2.75) is 32.6 Å². The lowest BCUT2D eigenvalue weighted by Crippen LogP contribution is -2.25. The molecule has 1 amide bonds. The molecule has 2 N–H and O–H groups in total. The van der Waals surface area contributed by atoms with E-state index in [0.29, 0.717) is 30.6 Å². The Bertz CT molecular complexity index is 994. The first-order valence-electron chi connectivity index (χ1n) is 10.2. The highest BCUT2D eigenvalue weighted by atomic mass is 16.2. The molecule has 5 nitrogen and oxygen atoms in total. The number of pyridine rings is 1. The molecule has 0 fully saturated rings. The summed E-state index contributed by atoms with van der Waals surface area (Å²) in [5.74, 6) is 0.695. The molecule has 0 radical (unpaired) electrons. The Hall–Kier alpha value is -3.47. The second-order valence-electron chi connectivity index (χ2n) is 7.34. The van der Waals surface area contributed by atoms with Gasteiger partial charge in [0.1, 0.15) is 5.82 Å². The van der Waals surface area contributed by atoms with Crippen molar-refractivity contribution >= 4 is 23.2 Å². The van der Waals surface area contributed by atoms with Crippen LogP contribution in [0.2, 0.25) is 0 Å². The predicted molar refractivity (Wildman–Crippen MR) is 121 cm³/mol. The zero-order valence-electron chi connectivity index (χ0n) is 17.5. The fourth-order valence-corrected chi connectivity index (χ4v) is 3.24. The molecule has 0 saturated carbocycles. The van der Waals surface area contributed by atoms with Crippen molar-refractivity contribution in [3.63, 3.8) is 0 Å². The van der Waals surface area contributed by atoms with Crippen LogP contribution in [0.5, 0.6) is 0 Å². The minimum absolute atomic E-state index is 0.102. The van der Waals surface area contributed by atoms with Crippen LogP contribution in [0.3, 0.4) is 0 Å². The summed E-state index contributed by atoms with van der Waals surface area (Å²) < 4.78 is 0. The summed E-state index contributed by atoms with van der Waals surface area (Å²) in [6.07, 6.45) is 4.16. The van der Waals surface area contributed by atoms with E-state index in [1.807, 2.05) is 61.5 Å². The molecule has 0 aliphatic rings. The molecule has 0 aliphatic carbocycles. The average molecular weight is 402 g/mol. The maximum absolute atomic E-state index is 12.5. The lowest BCUT2D eigenvalue weighted by Gasteiger charge is -2.17. The fraction of sp³-hybridized carbons (Fsp3) is 0.240. The van der Waals surface area contributed by atoms with Crippen molar-refractivity contribution in [2.24, 2.45) is 0 Å². The number of aromatic nitrogens is 1. The third-order valence-electron chi connectivity index (χ3n) is 5.12. The van der Waals surface area contributed by atoms with Gasteiger partial charge in [0.05, 0.1) is 0 Å². The number of carbonyl (C=O) groups is 2. The van der Waals surface area contributed by atoms with Crippen LogP contribution in [0.4, 0.5) is 11.5 Å². The Morgan fingerprint density at radius 3 is 2.10 bits per heavy atom. The summed E-state index contributed by atoms with van der Waals surface area (Å²) in [7, 11) is 1.80. The molecule has 154 valence electrons. The van der Waals surface area contributed by atoms with Gasteiger partial charge in [0, 0.05) is 37.3 Å². The quantitative estimate of drug-likeness (QED) is 0.544. The molecule has 0 saturated heterocycles. The topological polar surface area (TPSA) is 76.3 Å². The van der Waals surface area contributed by atoms with E-state index < -0.39 is 0 Å². The van der Waals surface area contributed by atoms with Crippen molar-refractivity contribution in [1.29, 1.82) is 0 Å². The molecular formula is C25H27N3O2. The maximum Gasteiger partial charge on any atom is 0.226 e. The summed E-state index contributed by atoms with van der Waals surface area (Å²) in [5, 5.41) is 0. The van der Waals surface area contributed by atoms with Gasteiger partial charge in [-0.05, 0) is 47.7 Å². The second kappa shape index (κ2) is 9.83. The van der Waals surface area contributed by atoms with E-state index in [4.69, 9.17) is 5.73 Å². The van der Waals surface area contributed by atoms with Gasteiger partial charge in [-0.15, -0.1) is 0 Å². The second-order valence-corrected chi connectivity index (χ2v) is 7.34.